The SMILES string of the molecule is CC(=O)OC1CCCCC1C(=O)[O-].CC(=O)OC1CCCCC1C(=O)[O-].NC(N)=O.[Ca+2]. The van der Waals surface area contributed by atoms with Crippen molar-refractivity contribution in [2.75, 3.05) is 0 Å². The number of rotatable bonds is 4. The first-order valence-corrected chi connectivity index (χ1v) is 9.76. The van der Waals surface area contributed by atoms with Gasteiger partial charge in [-0.2, -0.15) is 0 Å². The number of carbonyl (C=O) groups is 5. The number of primary amides is 2. The molecule has 0 aliphatic heterocycles. The van der Waals surface area contributed by atoms with Crippen molar-refractivity contribution >= 4 is 67.6 Å². The summed E-state index contributed by atoms with van der Waals surface area (Å²) in [6.45, 7) is 2.59. The fourth-order valence-electron chi connectivity index (χ4n) is 3.44. The van der Waals surface area contributed by atoms with Crippen LogP contribution in [0.25, 0.3) is 0 Å². The number of ether oxygens (including phenoxy) is 2. The Morgan fingerprint density at radius 3 is 1.16 bits per heavy atom. The predicted molar refractivity (Wildman–Crippen MR) is 105 cm³/mol. The number of hydrogen-bond acceptors (Lipinski definition) is 9. The van der Waals surface area contributed by atoms with E-state index in [-0.39, 0.29) is 37.7 Å². The molecule has 0 radical (unpaired) electrons. The summed E-state index contributed by atoms with van der Waals surface area (Å²) in [4.78, 5) is 51.6. The largest absolute Gasteiger partial charge is 2.00 e. The van der Waals surface area contributed by atoms with Gasteiger partial charge in [-0.3, -0.25) is 9.59 Å². The Labute approximate surface area is 211 Å². The molecule has 2 fully saturated rings. The maximum Gasteiger partial charge on any atom is 2.00 e. The van der Waals surface area contributed by atoms with Gasteiger partial charge >= 0.3 is 55.7 Å². The Kier molecular flexibility index (Phi) is 17.3. The molecule has 0 heterocycles. The monoisotopic (exact) mass is 470 g/mol. The van der Waals surface area contributed by atoms with Crippen molar-refractivity contribution in [1.82, 2.24) is 0 Å². The van der Waals surface area contributed by atoms with Crippen LogP contribution in [0.4, 0.5) is 4.79 Å². The summed E-state index contributed by atoms with van der Waals surface area (Å²) < 4.78 is 9.81. The Hall–Kier alpha value is -1.59. The summed E-state index contributed by atoms with van der Waals surface area (Å²) in [7, 11) is 0. The van der Waals surface area contributed by atoms with E-state index in [4.69, 9.17) is 14.3 Å². The molecule has 2 aliphatic carbocycles. The molecule has 0 aromatic carbocycles. The minimum Gasteiger partial charge on any atom is -0.550 e. The number of urea groups is 1. The number of esters is 2. The van der Waals surface area contributed by atoms with Crippen molar-refractivity contribution < 1.29 is 43.7 Å². The molecule has 4 unspecified atom stereocenters. The van der Waals surface area contributed by atoms with Gasteiger partial charge in [0.05, 0.1) is 0 Å². The average molecular weight is 471 g/mol. The molecule has 31 heavy (non-hydrogen) atoms. The van der Waals surface area contributed by atoms with Crippen molar-refractivity contribution in [2.45, 2.75) is 77.4 Å². The normalized spacial score (nSPS) is 24.3. The molecule has 12 heteroatoms. The van der Waals surface area contributed by atoms with Gasteiger partial charge in [0.25, 0.3) is 0 Å². The van der Waals surface area contributed by atoms with E-state index in [0.717, 1.165) is 25.7 Å². The molecule has 11 nitrogen and oxygen atoms in total. The van der Waals surface area contributed by atoms with E-state index in [2.05, 4.69) is 11.5 Å². The quantitative estimate of drug-likeness (QED) is 0.357. The van der Waals surface area contributed by atoms with Gasteiger partial charge in [-0.05, 0) is 38.5 Å². The van der Waals surface area contributed by atoms with Crippen LogP contribution in [0.15, 0.2) is 0 Å². The zero-order valence-electron chi connectivity index (χ0n) is 18.0. The number of carbonyl (C=O) groups excluding carboxylic acids is 5. The molecule has 0 saturated heterocycles. The van der Waals surface area contributed by atoms with Crippen molar-refractivity contribution in [3.8, 4) is 0 Å². The number of aliphatic carboxylic acids is 2. The molecule has 0 aromatic heterocycles. The van der Waals surface area contributed by atoms with Crippen molar-refractivity contribution in [3.05, 3.63) is 0 Å². The third-order valence-corrected chi connectivity index (χ3v) is 4.65. The van der Waals surface area contributed by atoms with Crippen molar-refractivity contribution in [1.29, 1.82) is 0 Å². The summed E-state index contributed by atoms with van der Waals surface area (Å²) >= 11 is 0. The molecule has 0 aromatic rings. The van der Waals surface area contributed by atoms with E-state index in [9.17, 15) is 29.4 Å². The molecular weight excluding hydrogens is 440 g/mol. The van der Waals surface area contributed by atoms with E-state index < -0.39 is 54.0 Å². The third kappa shape index (κ3) is 14.9. The second-order valence-corrected chi connectivity index (χ2v) is 7.12. The van der Waals surface area contributed by atoms with Gasteiger partial charge < -0.3 is 40.7 Å². The first-order valence-electron chi connectivity index (χ1n) is 9.76. The Bertz CT molecular complexity index is 565. The average Bonchev–Trinajstić information content (AvgIpc) is 2.61. The van der Waals surface area contributed by atoms with E-state index >= 15 is 0 Å². The van der Waals surface area contributed by atoms with Crippen molar-refractivity contribution in [2.24, 2.45) is 23.3 Å². The molecule has 172 valence electrons. The van der Waals surface area contributed by atoms with Crippen LogP contribution >= 0.6 is 0 Å². The van der Waals surface area contributed by atoms with Crippen LogP contribution in [0.1, 0.15) is 65.2 Å². The summed E-state index contributed by atoms with van der Waals surface area (Å²) in [6, 6.07) is -0.833. The van der Waals surface area contributed by atoms with Crippen LogP contribution in [0.5, 0.6) is 0 Å². The first-order chi connectivity index (χ1) is 14.0. The number of hydrogen-bond donors (Lipinski definition) is 2. The smallest absolute Gasteiger partial charge is 0.550 e. The van der Waals surface area contributed by atoms with E-state index in [1.807, 2.05) is 0 Å². The predicted octanol–water partition coefficient (Wildman–Crippen LogP) is -1.64. The number of carboxylic acids is 2. The second kappa shape index (κ2) is 17.0. The van der Waals surface area contributed by atoms with Crippen LogP contribution in [0, 0.1) is 11.8 Å². The summed E-state index contributed by atoms with van der Waals surface area (Å²) in [5.41, 5.74) is 8.50. The Morgan fingerprint density at radius 2 is 0.935 bits per heavy atom. The van der Waals surface area contributed by atoms with E-state index in [0.29, 0.717) is 25.7 Å². The van der Waals surface area contributed by atoms with Gasteiger partial charge in [0.2, 0.25) is 0 Å². The second-order valence-electron chi connectivity index (χ2n) is 7.12. The van der Waals surface area contributed by atoms with Gasteiger partial charge in [-0.15, -0.1) is 0 Å². The number of amides is 2. The van der Waals surface area contributed by atoms with Gasteiger partial charge in [0.15, 0.2) is 0 Å². The van der Waals surface area contributed by atoms with E-state index in [1.54, 1.807) is 0 Å². The zero-order valence-corrected chi connectivity index (χ0v) is 20.2. The molecule has 0 spiro atoms. The number of nitrogens with two attached hydrogens (primary N) is 2. The molecular formula is C19H30CaN2O9. The number of carboxylic acid groups (broad SMARTS) is 2. The molecule has 4 atom stereocenters. The molecule has 2 saturated carbocycles. The van der Waals surface area contributed by atoms with Crippen LogP contribution in [0.3, 0.4) is 0 Å². The van der Waals surface area contributed by atoms with E-state index in [1.165, 1.54) is 13.8 Å². The summed E-state index contributed by atoms with van der Waals surface area (Å²) in [5, 5.41) is 21.3. The van der Waals surface area contributed by atoms with Crippen LogP contribution in [-0.4, -0.2) is 79.9 Å². The zero-order chi connectivity index (χ0) is 23.3. The first kappa shape index (κ1) is 31.6. The van der Waals surface area contributed by atoms with Gasteiger partial charge in [-0.1, -0.05) is 12.8 Å². The molecule has 2 aliphatic rings. The maximum absolute atomic E-state index is 10.6. The van der Waals surface area contributed by atoms with Gasteiger partial charge in [-0.25, -0.2) is 4.79 Å². The van der Waals surface area contributed by atoms with Gasteiger partial charge in [0, 0.05) is 37.6 Å². The fourth-order valence-corrected chi connectivity index (χ4v) is 3.44. The minimum atomic E-state index is -1.11. The molecule has 4 N–H and O–H groups in total. The fraction of sp³-hybridized carbons (Fsp3) is 0.737. The standard InChI is InChI=1S/2C9H14O4.CH4N2O.Ca/c2*1-6(10)13-8-5-3-2-4-7(8)9(11)12;2-1(3)4;/h2*7-8H,2-5H2,1H3,(H,11,12);(H4,2,3,4);/q;;;+2/p-2. The molecule has 2 amide bonds. The van der Waals surface area contributed by atoms with Crippen molar-refractivity contribution in [3.63, 3.8) is 0 Å². The summed E-state index contributed by atoms with van der Waals surface area (Å²) in [5.74, 6) is -4.27. The molecule has 0 bridgehead atoms. The maximum atomic E-state index is 10.6. The topological polar surface area (TPSA) is 202 Å². The minimum absolute atomic E-state index is 0. The van der Waals surface area contributed by atoms with Crippen LogP contribution < -0.4 is 21.7 Å². The van der Waals surface area contributed by atoms with Gasteiger partial charge in [0.1, 0.15) is 12.2 Å². The van der Waals surface area contributed by atoms with Crippen LogP contribution in [0.2, 0.25) is 0 Å². The molecule has 2 rings (SSSR count). The summed E-state index contributed by atoms with van der Waals surface area (Å²) in [6.07, 6.45) is 5.01. The third-order valence-electron chi connectivity index (χ3n) is 4.65. The Balaban J connectivity index is 0. The Morgan fingerprint density at radius 1 is 0.677 bits per heavy atom. The van der Waals surface area contributed by atoms with Crippen LogP contribution in [-0.2, 0) is 28.7 Å².